The lowest BCUT2D eigenvalue weighted by Gasteiger charge is -2.21. The van der Waals surface area contributed by atoms with Gasteiger partial charge in [-0.2, -0.15) is 0 Å². The van der Waals surface area contributed by atoms with Crippen molar-refractivity contribution < 1.29 is 38.1 Å². The molecule has 0 aromatic heterocycles. The van der Waals surface area contributed by atoms with Crippen LogP contribution in [0.25, 0.3) is 6.08 Å². The highest BCUT2D eigenvalue weighted by Gasteiger charge is 2.21. The molecule has 9 nitrogen and oxygen atoms in total. The van der Waals surface area contributed by atoms with Gasteiger partial charge in [0.25, 0.3) is 0 Å². The van der Waals surface area contributed by atoms with Crippen molar-refractivity contribution in [1.29, 1.82) is 0 Å². The molecule has 1 N–H and O–H groups in total. The number of nitrogens with one attached hydrogen (secondary N) is 1. The molecule has 0 saturated heterocycles. The van der Waals surface area contributed by atoms with Crippen molar-refractivity contribution in [2.24, 2.45) is 0 Å². The molecule has 2 rings (SSSR count). The van der Waals surface area contributed by atoms with E-state index in [1.807, 2.05) is 0 Å². The Labute approximate surface area is 204 Å². The maximum atomic E-state index is 12.5. The van der Waals surface area contributed by atoms with Crippen molar-refractivity contribution in [3.05, 3.63) is 70.5 Å². The fourth-order valence-electron chi connectivity index (χ4n) is 2.93. The maximum Gasteiger partial charge on any atom is 0.412 e. The molecule has 2 aromatic rings. The van der Waals surface area contributed by atoms with Gasteiger partial charge in [0.05, 0.1) is 12.7 Å². The highest BCUT2D eigenvalue weighted by atomic mass is 16.6. The van der Waals surface area contributed by atoms with Gasteiger partial charge in [0.15, 0.2) is 0 Å². The van der Waals surface area contributed by atoms with Gasteiger partial charge in [0.1, 0.15) is 12.2 Å². The van der Waals surface area contributed by atoms with Gasteiger partial charge in [-0.25, -0.2) is 14.4 Å². The van der Waals surface area contributed by atoms with Gasteiger partial charge in [0, 0.05) is 18.2 Å². The summed E-state index contributed by atoms with van der Waals surface area (Å²) in [4.78, 5) is 48.6. The molecule has 0 heterocycles. The topological polar surface area (TPSA) is 117 Å². The van der Waals surface area contributed by atoms with Crippen LogP contribution in [-0.4, -0.2) is 36.7 Å². The van der Waals surface area contributed by atoms with E-state index in [1.54, 1.807) is 70.2 Å². The maximum absolute atomic E-state index is 12.5. The van der Waals surface area contributed by atoms with Crippen LogP contribution in [0, 0.1) is 6.92 Å². The smallest absolute Gasteiger partial charge is 0.412 e. The number of carbonyl (C=O) groups excluding carboxylic acids is 4. The Morgan fingerprint density at radius 1 is 1.00 bits per heavy atom. The van der Waals surface area contributed by atoms with E-state index in [4.69, 9.17) is 18.9 Å². The molecule has 0 fully saturated rings. The Bertz CT molecular complexity index is 1130. The molecule has 0 aliphatic rings. The lowest BCUT2D eigenvalue weighted by atomic mass is 9.99. The molecular formula is C26H29NO8. The molecule has 0 saturated carbocycles. The van der Waals surface area contributed by atoms with E-state index >= 15 is 0 Å². The first-order valence-electron chi connectivity index (χ1n) is 10.7. The first kappa shape index (κ1) is 27.1. The third kappa shape index (κ3) is 8.29. The minimum Gasteiger partial charge on any atom is -0.463 e. The van der Waals surface area contributed by atoms with Crippen LogP contribution in [0.4, 0.5) is 10.5 Å². The zero-order chi connectivity index (χ0) is 26.2. The summed E-state index contributed by atoms with van der Waals surface area (Å²) in [6.45, 7) is 8.03. The van der Waals surface area contributed by atoms with Crippen LogP contribution in [-0.2, 0) is 35.1 Å². The molecule has 2 aromatic carbocycles. The molecule has 0 unspecified atom stereocenters. The average Bonchev–Trinajstić information content (AvgIpc) is 2.78. The summed E-state index contributed by atoms with van der Waals surface area (Å²) in [6, 6.07) is 11.3. The van der Waals surface area contributed by atoms with Crippen LogP contribution in [0.5, 0.6) is 0 Å². The lowest BCUT2D eigenvalue weighted by molar-refractivity contribution is -0.142. The van der Waals surface area contributed by atoms with Gasteiger partial charge >= 0.3 is 24.0 Å². The predicted molar refractivity (Wildman–Crippen MR) is 128 cm³/mol. The van der Waals surface area contributed by atoms with Crippen molar-refractivity contribution in [3.8, 4) is 0 Å². The molecule has 1 amide bonds. The van der Waals surface area contributed by atoms with Gasteiger partial charge in [0.2, 0.25) is 5.76 Å². The summed E-state index contributed by atoms with van der Waals surface area (Å²) < 4.78 is 20.6. The van der Waals surface area contributed by atoms with Crippen LogP contribution in [0.15, 0.2) is 48.2 Å². The van der Waals surface area contributed by atoms with Crippen LogP contribution in [0.1, 0.15) is 54.7 Å². The summed E-state index contributed by atoms with van der Waals surface area (Å²) in [6.07, 6.45) is 0.657. The minimum absolute atomic E-state index is 0.155. The van der Waals surface area contributed by atoms with E-state index < -0.39 is 29.6 Å². The Balaban J connectivity index is 2.47. The third-order valence-corrected chi connectivity index (χ3v) is 4.58. The number of hydrogen-bond donors (Lipinski definition) is 1. The molecule has 0 bridgehead atoms. The highest BCUT2D eigenvalue weighted by Crippen LogP contribution is 2.27. The largest absolute Gasteiger partial charge is 0.463 e. The van der Waals surface area contributed by atoms with E-state index in [0.717, 1.165) is 7.11 Å². The van der Waals surface area contributed by atoms with Gasteiger partial charge < -0.3 is 18.9 Å². The second-order valence-corrected chi connectivity index (χ2v) is 8.47. The number of rotatable bonds is 7. The van der Waals surface area contributed by atoms with Crippen molar-refractivity contribution in [2.75, 3.05) is 12.4 Å². The number of ether oxygens (including phenoxy) is 4. The van der Waals surface area contributed by atoms with Crippen molar-refractivity contribution >= 4 is 35.8 Å². The van der Waals surface area contributed by atoms with Crippen LogP contribution in [0.2, 0.25) is 0 Å². The predicted octanol–water partition coefficient (Wildman–Crippen LogP) is 4.78. The van der Waals surface area contributed by atoms with Crippen LogP contribution >= 0.6 is 0 Å². The SMILES string of the molecule is COC(=O)/C(=C/c1ccc(NC(=O)OC(C)(C)C)c(C)c1COC(C)=O)OC(=O)c1ccccc1. The first-order valence-corrected chi connectivity index (χ1v) is 10.7. The van der Waals surface area contributed by atoms with E-state index in [0.29, 0.717) is 22.4 Å². The summed E-state index contributed by atoms with van der Waals surface area (Å²) in [5.41, 5.74) is 1.42. The van der Waals surface area contributed by atoms with Gasteiger partial charge in [-0.05, 0) is 63.1 Å². The van der Waals surface area contributed by atoms with Crippen LogP contribution in [0.3, 0.4) is 0 Å². The molecule has 35 heavy (non-hydrogen) atoms. The number of benzene rings is 2. The Kier molecular flexibility index (Phi) is 9.16. The fraction of sp³-hybridized carbons (Fsp3) is 0.308. The van der Waals surface area contributed by atoms with Gasteiger partial charge in [-0.1, -0.05) is 24.3 Å². The van der Waals surface area contributed by atoms with Gasteiger partial charge in [-0.3, -0.25) is 10.1 Å². The van der Waals surface area contributed by atoms with Crippen LogP contribution < -0.4 is 5.32 Å². The lowest BCUT2D eigenvalue weighted by Crippen LogP contribution is -2.27. The van der Waals surface area contributed by atoms with E-state index in [9.17, 15) is 19.2 Å². The Morgan fingerprint density at radius 3 is 2.23 bits per heavy atom. The summed E-state index contributed by atoms with van der Waals surface area (Å²) in [7, 11) is 1.16. The zero-order valence-corrected chi connectivity index (χ0v) is 20.6. The van der Waals surface area contributed by atoms with E-state index in [-0.39, 0.29) is 17.9 Å². The summed E-state index contributed by atoms with van der Waals surface area (Å²) in [5, 5.41) is 2.66. The molecule has 0 aliphatic heterocycles. The second-order valence-electron chi connectivity index (χ2n) is 8.47. The summed E-state index contributed by atoms with van der Waals surface area (Å²) >= 11 is 0. The number of carbonyl (C=O) groups is 4. The zero-order valence-electron chi connectivity index (χ0n) is 20.6. The van der Waals surface area contributed by atoms with E-state index in [2.05, 4.69) is 5.32 Å². The molecule has 0 radical (unpaired) electrons. The molecule has 9 heteroatoms. The molecule has 0 aliphatic carbocycles. The number of methoxy groups -OCH3 is 1. The normalized spacial score (nSPS) is 11.3. The van der Waals surface area contributed by atoms with Crippen molar-refractivity contribution in [1.82, 2.24) is 0 Å². The third-order valence-electron chi connectivity index (χ3n) is 4.58. The highest BCUT2D eigenvalue weighted by molar-refractivity contribution is 5.98. The molecule has 0 spiro atoms. The first-order chi connectivity index (χ1) is 16.4. The molecule has 186 valence electrons. The quantitative estimate of drug-likeness (QED) is 0.259. The standard InChI is InChI=1S/C26H29NO8/c1-16-20(15-33-17(2)28)19(12-13-21(16)27-25(31)35-26(3,4)5)14-22(24(30)32-6)34-23(29)18-10-8-7-9-11-18/h7-14H,15H2,1-6H3,(H,27,31)/b22-14-. The number of anilines is 1. The summed E-state index contributed by atoms with van der Waals surface area (Å²) in [5.74, 6) is -2.50. The number of hydrogen-bond acceptors (Lipinski definition) is 8. The Hall–Kier alpha value is -4.14. The minimum atomic E-state index is -0.874. The monoisotopic (exact) mass is 483 g/mol. The Morgan fingerprint density at radius 2 is 1.66 bits per heavy atom. The second kappa shape index (κ2) is 11.8. The van der Waals surface area contributed by atoms with E-state index in [1.165, 1.54) is 13.0 Å². The molecular weight excluding hydrogens is 454 g/mol. The van der Waals surface area contributed by atoms with Gasteiger partial charge in [-0.15, -0.1) is 0 Å². The van der Waals surface area contributed by atoms with Crippen molar-refractivity contribution in [2.45, 2.75) is 46.8 Å². The fourth-order valence-corrected chi connectivity index (χ4v) is 2.93. The molecule has 0 atom stereocenters. The average molecular weight is 484 g/mol. The number of amides is 1. The van der Waals surface area contributed by atoms with Crippen molar-refractivity contribution in [3.63, 3.8) is 0 Å². The number of esters is 3.